The molecule has 0 aromatic carbocycles. The van der Waals surface area contributed by atoms with Crippen LogP contribution in [0, 0.1) is 5.92 Å². The Balaban J connectivity index is 1.93. The minimum atomic E-state index is -0.778. The van der Waals surface area contributed by atoms with Gasteiger partial charge in [-0.2, -0.15) is 0 Å². The van der Waals surface area contributed by atoms with Crippen molar-refractivity contribution in [3.63, 3.8) is 0 Å². The number of aromatic amines is 1. The molecule has 0 saturated carbocycles. The van der Waals surface area contributed by atoms with E-state index in [0.29, 0.717) is 23.7 Å². The van der Waals surface area contributed by atoms with Gasteiger partial charge in [-0.3, -0.25) is 9.59 Å². The van der Waals surface area contributed by atoms with Crippen LogP contribution in [0.3, 0.4) is 0 Å². The molecule has 1 aliphatic heterocycles. The van der Waals surface area contributed by atoms with E-state index in [0.717, 1.165) is 19.4 Å². The molecule has 1 atom stereocenters. The topological polar surface area (TPSA) is 73.4 Å². The summed E-state index contributed by atoms with van der Waals surface area (Å²) in [7, 11) is 0. The minimum Gasteiger partial charge on any atom is -0.481 e. The largest absolute Gasteiger partial charge is 0.481 e. The van der Waals surface area contributed by atoms with Crippen molar-refractivity contribution in [1.29, 1.82) is 0 Å². The van der Waals surface area contributed by atoms with Gasteiger partial charge >= 0.3 is 5.97 Å². The second-order valence-corrected chi connectivity index (χ2v) is 5.36. The van der Waals surface area contributed by atoms with Crippen LogP contribution >= 0.6 is 11.6 Å². The normalized spacial score (nSPS) is 19.4. The molecule has 19 heavy (non-hydrogen) atoms. The van der Waals surface area contributed by atoms with E-state index in [1.165, 1.54) is 0 Å². The van der Waals surface area contributed by atoms with Gasteiger partial charge in [-0.1, -0.05) is 11.6 Å². The van der Waals surface area contributed by atoms with Crippen molar-refractivity contribution in [2.24, 2.45) is 5.92 Å². The summed E-state index contributed by atoms with van der Waals surface area (Å²) < 4.78 is 0. The average molecular weight is 285 g/mol. The molecule has 2 N–H and O–H groups in total. The molecule has 0 spiro atoms. The highest BCUT2D eigenvalue weighted by Gasteiger charge is 2.25. The van der Waals surface area contributed by atoms with E-state index < -0.39 is 5.97 Å². The number of nitrogens with one attached hydrogen (secondary N) is 1. The molecule has 1 aromatic heterocycles. The van der Waals surface area contributed by atoms with Crippen molar-refractivity contribution in [3.05, 3.63) is 23.0 Å². The number of nitrogens with zero attached hydrogens (tertiary/aromatic N) is 1. The van der Waals surface area contributed by atoms with Gasteiger partial charge in [0.25, 0.3) is 5.91 Å². The molecule has 1 aromatic rings. The molecule has 5 nitrogen and oxygen atoms in total. The number of aliphatic carboxylic acids is 1. The number of carbonyl (C=O) groups excluding carboxylic acids is 1. The number of hydrogen-bond acceptors (Lipinski definition) is 2. The standard InChI is InChI=1S/C13H17ClN2O3/c14-10-6-11(15-7-10)13(19)16-5-1-2-9(8-16)3-4-12(17)18/h6-7,9,15H,1-5,8H2,(H,17,18)/t9-/m0/s1. The number of rotatable bonds is 4. The smallest absolute Gasteiger partial charge is 0.303 e. The van der Waals surface area contributed by atoms with Crippen molar-refractivity contribution in [3.8, 4) is 0 Å². The van der Waals surface area contributed by atoms with Gasteiger partial charge in [-0.25, -0.2) is 0 Å². The van der Waals surface area contributed by atoms with Gasteiger partial charge in [0.2, 0.25) is 0 Å². The monoisotopic (exact) mass is 284 g/mol. The van der Waals surface area contributed by atoms with E-state index >= 15 is 0 Å². The third kappa shape index (κ3) is 3.73. The Morgan fingerprint density at radius 2 is 2.32 bits per heavy atom. The van der Waals surface area contributed by atoms with Crippen LogP contribution in [0.1, 0.15) is 36.2 Å². The number of likely N-dealkylation sites (tertiary alicyclic amines) is 1. The van der Waals surface area contributed by atoms with E-state index in [1.807, 2.05) is 0 Å². The Bertz CT molecular complexity index is 472. The first kappa shape index (κ1) is 13.9. The van der Waals surface area contributed by atoms with Crippen molar-refractivity contribution < 1.29 is 14.7 Å². The first-order valence-corrected chi connectivity index (χ1v) is 6.79. The number of carboxylic acid groups (broad SMARTS) is 1. The first-order valence-electron chi connectivity index (χ1n) is 6.41. The lowest BCUT2D eigenvalue weighted by Crippen LogP contribution is -2.40. The van der Waals surface area contributed by atoms with Crippen LogP contribution in [0.25, 0.3) is 0 Å². The van der Waals surface area contributed by atoms with Gasteiger partial charge in [0.15, 0.2) is 0 Å². The van der Waals surface area contributed by atoms with Crippen molar-refractivity contribution in [2.75, 3.05) is 13.1 Å². The van der Waals surface area contributed by atoms with E-state index in [-0.39, 0.29) is 18.2 Å². The summed E-state index contributed by atoms with van der Waals surface area (Å²) in [5.74, 6) is -0.564. The molecule has 1 fully saturated rings. The molecule has 1 aliphatic rings. The lowest BCUT2D eigenvalue weighted by atomic mass is 9.93. The highest BCUT2D eigenvalue weighted by molar-refractivity contribution is 6.30. The highest BCUT2D eigenvalue weighted by Crippen LogP contribution is 2.22. The minimum absolute atomic E-state index is 0.0630. The molecular weight excluding hydrogens is 268 g/mol. The van der Waals surface area contributed by atoms with Gasteiger partial charge in [0.1, 0.15) is 5.69 Å². The highest BCUT2D eigenvalue weighted by atomic mass is 35.5. The molecule has 1 amide bonds. The van der Waals surface area contributed by atoms with Gasteiger partial charge in [-0.15, -0.1) is 0 Å². The van der Waals surface area contributed by atoms with Gasteiger partial charge < -0.3 is 15.0 Å². The summed E-state index contributed by atoms with van der Waals surface area (Å²) in [6.45, 7) is 1.35. The van der Waals surface area contributed by atoms with E-state index in [2.05, 4.69) is 4.98 Å². The lowest BCUT2D eigenvalue weighted by Gasteiger charge is -2.32. The predicted octanol–water partition coefficient (Wildman–Crippen LogP) is 2.39. The van der Waals surface area contributed by atoms with Crippen molar-refractivity contribution in [2.45, 2.75) is 25.7 Å². The second-order valence-electron chi connectivity index (χ2n) is 4.92. The molecule has 104 valence electrons. The van der Waals surface area contributed by atoms with Crippen LogP contribution in [0.4, 0.5) is 0 Å². The number of carbonyl (C=O) groups is 2. The molecule has 1 saturated heterocycles. The van der Waals surface area contributed by atoms with Gasteiger partial charge in [-0.05, 0) is 31.2 Å². The third-order valence-corrected chi connectivity index (χ3v) is 3.67. The van der Waals surface area contributed by atoms with E-state index in [4.69, 9.17) is 16.7 Å². The number of hydrogen-bond donors (Lipinski definition) is 2. The molecule has 2 rings (SSSR count). The third-order valence-electron chi connectivity index (χ3n) is 3.45. The first-order chi connectivity index (χ1) is 9.06. The maximum absolute atomic E-state index is 12.2. The summed E-state index contributed by atoms with van der Waals surface area (Å²) in [4.78, 5) is 27.4. The number of carboxylic acids is 1. The summed E-state index contributed by atoms with van der Waals surface area (Å²) in [6, 6.07) is 1.62. The maximum Gasteiger partial charge on any atom is 0.303 e. The molecule has 0 radical (unpaired) electrons. The summed E-state index contributed by atoms with van der Waals surface area (Å²) in [5, 5.41) is 9.22. The fourth-order valence-electron chi connectivity index (χ4n) is 2.47. The molecule has 0 bridgehead atoms. The maximum atomic E-state index is 12.2. The van der Waals surface area contributed by atoms with Gasteiger partial charge in [0.05, 0.1) is 5.02 Å². The van der Waals surface area contributed by atoms with Crippen LogP contribution < -0.4 is 0 Å². The number of H-pyrrole nitrogens is 1. The van der Waals surface area contributed by atoms with Crippen LogP contribution in [-0.2, 0) is 4.79 Å². The molecule has 0 unspecified atom stereocenters. The zero-order chi connectivity index (χ0) is 13.8. The quantitative estimate of drug-likeness (QED) is 0.891. The fourth-order valence-corrected chi connectivity index (χ4v) is 2.64. The zero-order valence-electron chi connectivity index (χ0n) is 10.6. The SMILES string of the molecule is O=C(O)CC[C@@H]1CCCN(C(=O)c2cc(Cl)c[nH]2)C1. The molecule has 2 heterocycles. The average Bonchev–Trinajstić information content (AvgIpc) is 2.82. The van der Waals surface area contributed by atoms with E-state index in [1.54, 1.807) is 17.2 Å². The zero-order valence-corrected chi connectivity index (χ0v) is 11.3. The van der Waals surface area contributed by atoms with Crippen LogP contribution in [0.2, 0.25) is 5.02 Å². The van der Waals surface area contributed by atoms with Crippen molar-refractivity contribution in [1.82, 2.24) is 9.88 Å². The number of amides is 1. The Hall–Kier alpha value is -1.49. The van der Waals surface area contributed by atoms with Crippen LogP contribution in [-0.4, -0.2) is 40.0 Å². The number of aromatic nitrogens is 1. The summed E-state index contributed by atoms with van der Waals surface area (Å²) >= 11 is 5.79. The Morgan fingerprint density at radius 1 is 1.53 bits per heavy atom. The Kier molecular flexibility index (Phi) is 4.47. The van der Waals surface area contributed by atoms with Crippen LogP contribution in [0.5, 0.6) is 0 Å². The van der Waals surface area contributed by atoms with E-state index in [9.17, 15) is 9.59 Å². The second kappa shape index (κ2) is 6.10. The molecule has 6 heteroatoms. The Labute approximate surface area is 116 Å². The lowest BCUT2D eigenvalue weighted by molar-refractivity contribution is -0.137. The fraction of sp³-hybridized carbons (Fsp3) is 0.538. The number of halogens is 1. The van der Waals surface area contributed by atoms with Crippen molar-refractivity contribution >= 4 is 23.5 Å². The Morgan fingerprint density at radius 3 is 2.95 bits per heavy atom. The predicted molar refractivity (Wildman–Crippen MR) is 71.3 cm³/mol. The molecule has 0 aliphatic carbocycles. The summed E-state index contributed by atoms with van der Waals surface area (Å²) in [6.07, 6.45) is 4.29. The summed E-state index contributed by atoms with van der Waals surface area (Å²) in [5.41, 5.74) is 0.490. The van der Waals surface area contributed by atoms with Gasteiger partial charge in [0, 0.05) is 25.7 Å². The number of piperidine rings is 1. The molecular formula is C13H17ClN2O3. The van der Waals surface area contributed by atoms with Crippen LogP contribution in [0.15, 0.2) is 12.3 Å².